The third kappa shape index (κ3) is 17.0. The number of aliphatic hydroxyl groups excluding tert-OH is 3. The maximum absolute atomic E-state index is 12.0. The highest BCUT2D eigenvalue weighted by atomic mass is 16.3. The Kier molecular flexibility index (Phi) is 19.2. The summed E-state index contributed by atoms with van der Waals surface area (Å²) in [4.78, 5) is 13.5. The zero-order chi connectivity index (χ0) is 20.2. The number of allylic oxidation sites excluding steroid dienone is 1. The van der Waals surface area contributed by atoms with Crippen LogP contribution >= 0.6 is 0 Å². The quantitative estimate of drug-likeness (QED) is 0.233. The standard InChI is InChI=1S/C22H43NO4/c1-2-3-4-11-14-21(26)15-12-9-7-5-6-8-10-13-16-22(27)23(17-19-24)18-20-25/h9,12,21,24-26H,2-8,10-11,13-20H2,1H3. The van der Waals surface area contributed by atoms with Gasteiger partial charge in [-0.05, 0) is 32.1 Å². The van der Waals surface area contributed by atoms with Crippen molar-refractivity contribution in [3.63, 3.8) is 0 Å². The summed E-state index contributed by atoms with van der Waals surface area (Å²) in [6.07, 6.45) is 17.5. The van der Waals surface area contributed by atoms with E-state index < -0.39 is 0 Å². The number of carbonyl (C=O) groups excluding carboxylic acids is 1. The van der Waals surface area contributed by atoms with Crippen molar-refractivity contribution in [2.24, 2.45) is 0 Å². The van der Waals surface area contributed by atoms with Crippen LogP contribution in [-0.2, 0) is 4.79 Å². The van der Waals surface area contributed by atoms with Crippen molar-refractivity contribution in [1.29, 1.82) is 0 Å². The van der Waals surface area contributed by atoms with Crippen LogP contribution in [0, 0.1) is 0 Å². The molecule has 1 amide bonds. The van der Waals surface area contributed by atoms with Gasteiger partial charge < -0.3 is 20.2 Å². The molecule has 1 atom stereocenters. The molecule has 27 heavy (non-hydrogen) atoms. The first-order valence-corrected chi connectivity index (χ1v) is 11.0. The summed E-state index contributed by atoms with van der Waals surface area (Å²) in [5, 5.41) is 27.8. The van der Waals surface area contributed by atoms with Crippen LogP contribution in [0.4, 0.5) is 0 Å². The average Bonchev–Trinajstić information content (AvgIpc) is 2.66. The van der Waals surface area contributed by atoms with Gasteiger partial charge in [-0.2, -0.15) is 0 Å². The zero-order valence-electron chi connectivity index (χ0n) is 17.4. The summed E-state index contributed by atoms with van der Waals surface area (Å²) in [6, 6.07) is 0. The first kappa shape index (κ1) is 26.1. The minimum atomic E-state index is -0.188. The second-order valence-corrected chi connectivity index (χ2v) is 7.34. The molecule has 0 aromatic heterocycles. The van der Waals surface area contributed by atoms with Crippen LogP contribution in [0.15, 0.2) is 12.2 Å². The van der Waals surface area contributed by atoms with Gasteiger partial charge in [0.15, 0.2) is 0 Å². The second kappa shape index (κ2) is 19.8. The summed E-state index contributed by atoms with van der Waals surface area (Å²) >= 11 is 0. The van der Waals surface area contributed by atoms with E-state index in [-0.39, 0.29) is 25.2 Å². The molecule has 5 nitrogen and oxygen atoms in total. The van der Waals surface area contributed by atoms with Crippen molar-refractivity contribution in [2.45, 2.75) is 96.5 Å². The van der Waals surface area contributed by atoms with Crippen molar-refractivity contribution < 1.29 is 20.1 Å². The molecule has 160 valence electrons. The molecule has 3 N–H and O–H groups in total. The van der Waals surface area contributed by atoms with Crippen LogP contribution in [0.5, 0.6) is 0 Å². The molecular weight excluding hydrogens is 342 g/mol. The predicted octanol–water partition coefficient (Wildman–Crippen LogP) is 3.81. The lowest BCUT2D eigenvalue weighted by atomic mass is 10.1. The monoisotopic (exact) mass is 385 g/mol. The van der Waals surface area contributed by atoms with Crippen LogP contribution in [0.2, 0.25) is 0 Å². The molecule has 0 aromatic rings. The van der Waals surface area contributed by atoms with Crippen molar-refractivity contribution in [2.75, 3.05) is 26.3 Å². The maximum atomic E-state index is 12.0. The van der Waals surface area contributed by atoms with Gasteiger partial charge in [-0.1, -0.05) is 64.0 Å². The summed E-state index contributed by atoms with van der Waals surface area (Å²) in [6.45, 7) is 2.69. The minimum absolute atomic E-state index is 0.0225. The zero-order valence-corrected chi connectivity index (χ0v) is 17.4. The van der Waals surface area contributed by atoms with Crippen LogP contribution in [0.1, 0.15) is 90.4 Å². The van der Waals surface area contributed by atoms with E-state index in [0.29, 0.717) is 19.5 Å². The molecule has 0 saturated heterocycles. The van der Waals surface area contributed by atoms with E-state index in [4.69, 9.17) is 10.2 Å². The van der Waals surface area contributed by atoms with Gasteiger partial charge in [-0.3, -0.25) is 4.79 Å². The lowest BCUT2D eigenvalue weighted by Crippen LogP contribution is -2.35. The Balaban J connectivity index is 3.51. The van der Waals surface area contributed by atoms with Gasteiger partial charge in [0.1, 0.15) is 0 Å². The molecular formula is C22H43NO4. The molecule has 0 rings (SSSR count). The average molecular weight is 386 g/mol. The first-order valence-electron chi connectivity index (χ1n) is 11.0. The summed E-state index contributed by atoms with van der Waals surface area (Å²) in [7, 11) is 0. The Morgan fingerprint density at radius 3 is 2.19 bits per heavy atom. The van der Waals surface area contributed by atoms with E-state index in [0.717, 1.165) is 57.8 Å². The van der Waals surface area contributed by atoms with E-state index in [1.54, 1.807) is 0 Å². The predicted molar refractivity (Wildman–Crippen MR) is 112 cm³/mol. The number of rotatable bonds is 19. The first-order chi connectivity index (χ1) is 13.2. The molecule has 1 unspecified atom stereocenters. The van der Waals surface area contributed by atoms with E-state index in [1.165, 1.54) is 24.2 Å². The summed E-state index contributed by atoms with van der Waals surface area (Å²) < 4.78 is 0. The van der Waals surface area contributed by atoms with Crippen LogP contribution in [0.3, 0.4) is 0 Å². The largest absolute Gasteiger partial charge is 0.395 e. The van der Waals surface area contributed by atoms with Crippen LogP contribution in [0.25, 0.3) is 0 Å². The van der Waals surface area contributed by atoms with Gasteiger partial charge in [0, 0.05) is 19.5 Å². The molecule has 5 heteroatoms. The van der Waals surface area contributed by atoms with Crippen molar-refractivity contribution in [3.05, 3.63) is 12.2 Å². The fourth-order valence-electron chi connectivity index (χ4n) is 3.13. The molecule has 0 saturated carbocycles. The molecule has 0 aliphatic carbocycles. The smallest absolute Gasteiger partial charge is 0.222 e. The Morgan fingerprint density at radius 2 is 1.52 bits per heavy atom. The topological polar surface area (TPSA) is 81.0 Å². The summed E-state index contributed by atoms with van der Waals surface area (Å²) in [5.74, 6) is 0.0225. The van der Waals surface area contributed by atoms with Gasteiger partial charge in [0.25, 0.3) is 0 Å². The van der Waals surface area contributed by atoms with Crippen molar-refractivity contribution in [1.82, 2.24) is 4.90 Å². The highest BCUT2D eigenvalue weighted by Gasteiger charge is 2.11. The number of nitrogens with zero attached hydrogens (tertiary/aromatic N) is 1. The van der Waals surface area contributed by atoms with Gasteiger partial charge >= 0.3 is 0 Å². The van der Waals surface area contributed by atoms with Crippen molar-refractivity contribution in [3.8, 4) is 0 Å². The highest BCUT2D eigenvalue weighted by molar-refractivity contribution is 5.76. The molecule has 0 heterocycles. The molecule has 0 aromatic carbocycles. The SMILES string of the molecule is CCCCCCC(O)CC=CCCCCCCCC(=O)N(CCO)CCO. The van der Waals surface area contributed by atoms with Gasteiger partial charge in [0.05, 0.1) is 19.3 Å². The van der Waals surface area contributed by atoms with E-state index in [9.17, 15) is 9.90 Å². The number of amides is 1. The van der Waals surface area contributed by atoms with E-state index in [1.807, 2.05) is 0 Å². The molecule has 0 fully saturated rings. The third-order valence-electron chi connectivity index (χ3n) is 4.82. The third-order valence-corrected chi connectivity index (χ3v) is 4.82. The number of unbranched alkanes of at least 4 members (excludes halogenated alkanes) is 8. The molecule has 0 aliphatic heterocycles. The molecule has 0 aliphatic rings. The number of hydrogen-bond acceptors (Lipinski definition) is 4. The molecule has 0 bridgehead atoms. The Labute approximate surface area is 166 Å². The minimum Gasteiger partial charge on any atom is -0.395 e. The maximum Gasteiger partial charge on any atom is 0.222 e. The van der Waals surface area contributed by atoms with Crippen molar-refractivity contribution >= 4 is 5.91 Å². The lowest BCUT2D eigenvalue weighted by Gasteiger charge is -2.20. The van der Waals surface area contributed by atoms with E-state index in [2.05, 4.69) is 19.1 Å². The second-order valence-electron chi connectivity index (χ2n) is 7.34. The van der Waals surface area contributed by atoms with Crippen LogP contribution in [-0.4, -0.2) is 58.5 Å². The van der Waals surface area contributed by atoms with Crippen LogP contribution < -0.4 is 0 Å². The Bertz CT molecular complexity index is 354. The number of hydrogen-bond donors (Lipinski definition) is 3. The molecule has 0 spiro atoms. The lowest BCUT2D eigenvalue weighted by molar-refractivity contribution is -0.132. The van der Waals surface area contributed by atoms with Gasteiger partial charge in [-0.15, -0.1) is 0 Å². The van der Waals surface area contributed by atoms with Gasteiger partial charge in [0.2, 0.25) is 5.91 Å². The number of aliphatic hydroxyl groups is 3. The van der Waals surface area contributed by atoms with Gasteiger partial charge in [-0.25, -0.2) is 0 Å². The highest BCUT2D eigenvalue weighted by Crippen LogP contribution is 2.11. The van der Waals surface area contributed by atoms with E-state index >= 15 is 0 Å². The Morgan fingerprint density at radius 1 is 0.889 bits per heavy atom. The molecule has 0 radical (unpaired) electrons. The fourth-order valence-corrected chi connectivity index (χ4v) is 3.13. The normalized spacial score (nSPS) is 12.6. The fraction of sp³-hybridized carbons (Fsp3) is 0.864. The summed E-state index contributed by atoms with van der Waals surface area (Å²) in [5.41, 5.74) is 0. The Hall–Kier alpha value is -0.910. The number of carbonyl (C=O) groups is 1.